The van der Waals surface area contributed by atoms with Gasteiger partial charge in [0.05, 0.1) is 32.6 Å². The molecule has 0 atom stereocenters. The lowest BCUT2D eigenvalue weighted by Crippen LogP contribution is -1.89. The number of nitrogens with zero attached hydrogens (tertiary/aromatic N) is 4. The third kappa shape index (κ3) is 5.42. The highest BCUT2D eigenvalue weighted by Gasteiger charge is 2.20. The first-order valence-corrected chi connectivity index (χ1v) is 14.4. The number of nitro benzene ring substituents is 2. The number of rotatable bonds is 8. The molecule has 0 aliphatic heterocycles. The van der Waals surface area contributed by atoms with Crippen LogP contribution in [0.4, 0.5) is 11.4 Å². The molecule has 2 aromatic heterocycles. The van der Waals surface area contributed by atoms with Gasteiger partial charge in [0.25, 0.3) is 11.4 Å². The third-order valence-corrected chi connectivity index (χ3v) is 7.63. The number of non-ortho nitro benzene ring substituents is 2. The maximum Gasteiger partial charge on any atom is 0.270 e. The summed E-state index contributed by atoms with van der Waals surface area (Å²) in [5, 5.41) is 22.9. The van der Waals surface area contributed by atoms with E-state index in [2.05, 4.69) is 9.97 Å². The molecule has 2 N–H and O–H groups in total. The fourth-order valence-electron chi connectivity index (χ4n) is 5.38. The third-order valence-electron chi connectivity index (χ3n) is 7.63. The standard InChI is InChI=1S/C36H24N6O4/c43-41(44)29-15-7-13-27(21-29)35-37-31(23-9-3-1-4-10-23)33(39-35)25-17-19-26(20-18-25)34-32(24-11-5-2-6-12-24)38-36(40-34)28-14-8-16-30(22-28)42(45)46/h1-22H,(H,37,39)(H,38,40). The van der Waals surface area contributed by atoms with Gasteiger partial charge in [-0.05, 0) is 0 Å². The zero-order valence-electron chi connectivity index (χ0n) is 24.1. The average Bonchev–Trinajstić information content (AvgIpc) is 3.76. The van der Waals surface area contributed by atoms with Gasteiger partial charge in [-0.1, -0.05) is 109 Å². The van der Waals surface area contributed by atoms with Crippen molar-refractivity contribution in [3.8, 4) is 67.8 Å². The lowest BCUT2D eigenvalue weighted by molar-refractivity contribution is -0.385. The molecule has 46 heavy (non-hydrogen) atoms. The molecule has 0 radical (unpaired) electrons. The number of hydrogen-bond acceptors (Lipinski definition) is 6. The molecule has 0 saturated heterocycles. The topological polar surface area (TPSA) is 144 Å². The summed E-state index contributed by atoms with van der Waals surface area (Å²) in [6, 6.07) is 40.2. The molecule has 10 nitrogen and oxygen atoms in total. The van der Waals surface area contributed by atoms with Gasteiger partial charge >= 0.3 is 0 Å². The molecule has 222 valence electrons. The van der Waals surface area contributed by atoms with Crippen molar-refractivity contribution in [3.05, 3.63) is 154 Å². The molecule has 0 bridgehead atoms. The second-order valence-corrected chi connectivity index (χ2v) is 10.5. The van der Waals surface area contributed by atoms with Crippen molar-refractivity contribution < 1.29 is 9.85 Å². The second-order valence-electron chi connectivity index (χ2n) is 10.5. The van der Waals surface area contributed by atoms with Gasteiger partial charge in [-0.3, -0.25) is 20.2 Å². The van der Waals surface area contributed by atoms with E-state index in [1.54, 1.807) is 24.3 Å². The smallest absolute Gasteiger partial charge is 0.270 e. The molecule has 10 heteroatoms. The summed E-state index contributed by atoms with van der Waals surface area (Å²) in [5.74, 6) is 1.03. The molecule has 0 aliphatic rings. The van der Waals surface area contributed by atoms with Crippen molar-refractivity contribution in [3.63, 3.8) is 0 Å². The molecule has 2 heterocycles. The van der Waals surface area contributed by atoms with E-state index in [0.717, 1.165) is 33.6 Å². The minimum atomic E-state index is -0.423. The van der Waals surface area contributed by atoms with Crippen molar-refractivity contribution in [2.45, 2.75) is 0 Å². The number of H-pyrrole nitrogens is 2. The van der Waals surface area contributed by atoms with Crippen LogP contribution in [0.3, 0.4) is 0 Å². The molecule has 0 amide bonds. The second kappa shape index (κ2) is 11.8. The predicted molar refractivity (Wildman–Crippen MR) is 177 cm³/mol. The minimum absolute atomic E-state index is 0.0145. The largest absolute Gasteiger partial charge is 0.337 e. The summed E-state index contributed by atoms with van der Waals surface area (Å²) >= 11 is 0. The normalized spacial score (nSPS) is 11.0. The van der Waals surface area contributed by atoms with Crippen LogP contribution < -0.4 is 0 Å². The Morgan fingerprint density at radius 3 is 1.26 bits per heavy atom. The summed E-state index contributed by atoms with van der Waals surface area (Å²) in [5.41, 5.74) is 7.67. The number of benzene rings is 5. The van der Waals surface area contributed by atoms with E-state index in [1.165, 1.54) is 24.3 Å². The SMILES string of the molecule is O=[N+]([O-])c1cccc(-c2nc(-c3ccc(-c4[nH]c(-c5cccc([N+](=O)[O-])c5)nc4-c4ccccc4)cc3)c(-c3ccccc3)[nH]2)c1. The number of aromatic amines is 2. The van der Waals surface area contributed by atoms with Gasteiger partial charge in [0.15, 0.2) is 0 Å². The Kier molecular flexibility index (Phi) is 7.20. The lowest BCUT2D eigenvalue weighted by Gasteiger charge is -2.06. The van der Waals surface area contributed by atoms with Gasteiger partial charge in [0, 0.05) is 57.6 Å². The molecule has 0 spiro atoms. The quantitative estimate of drug-likeness (QED) is 0.131. The molecular formula is C36H24N6O4. The Labute approximate surface area is 262 Å². The van der Waals surface area contributed by atoms with Crippen LogP contribution in [-0.4, -0.2) is 29.8 Å². The Bertz CT molecular complexity index is 2050. The zero-order valence-corrected chi connectivity index (χ0v) is 24.1. The van der Waals surface area contributed by atoms with Crippen LogP contribution in [-0.2, 0) is 0 Å². The Hall–Kier alpha value is -6.68. The summed E-state index contributed by atoms with van der Waals surface area (Å²) < 4.78 is 0. The highest BCUT2D eigenvalue weighted by molar-refractivity contribution is 5.85. The van der Waals surface area contributed by atoms with Gasteiger partial charge in [-0.15, -0.1) is 0 Å². The van der Waals surface area contributed by atoms with E-state index in [9.17, 15) is 20.2 Å². The van der Waals surface area contributed by atoms with Gasteiger partial charge < -0.3 is 9.97 Å². The molecule has 0 aliphatic carbocycles. The highest BCUT2D eigenvalue weighted by atomic mass is 16.6. The van der Waals surface area contributed by atoms with Crippen LogP contribution in [0.25, 0.3) is 67.8 Å². The molecule has 0 saturated carbocycles. The first kappa shape index (κ1) is 28.1. The predicted octanol–water partition coefficient (Wildman–Crippen LogP) is 8.95. The molecule has 5 aromatic carbocycles. The number of imidazole rings is 2. The Morgan fingerprint density at radius 2 is 0.804 bits per heavy atom. The molecule has 0 unspecified atom stereocenters. The van der Waals surface area contributed by atoms with Crippen LogP contribution in [0.5, 0.6) is 0 Å². The van der Waals surface area contributed by atoms with Gasteiger partial charge in [-0.2, -0.15) is 0 Å². The van der Waals surface area contributed by atoms with E-state index in [1.807, 2.05) is 84.9 Å². The molecular weight excluding hydrogens is 580 g/mol. The number of nitrogens with one attached hydrogen (secondary N) is 2. The fraction of sp³-hybridized carbons (Fsp3) is 0. The van der Waals surface area contributed by atoms with Gasteiger partial charge in [-0.25, -0.2) is 9.97 Å². The Balaban J connectivity index is 1.32. The van der Waals surface area contributed by atoms with Crippen molar-refractivity contribution in [1.29, 1.82) is 0 Å². The maximum atomic E-state index is 11.4. The number of hydrogen-bond donors (Lipinski definition) is 2. The average molecular weight is 605 g/mol. The molecule has 0 fully saturated rings. The van der Waals surface area contributed by atoms with Crippen LogP contribution in [0.15, 0.2) is 133 Å². The first-order valence-electron chi connectivity index (χ1n) is 14.4. The van der Waals surface area contributed by atoms with Gasteiger partial charge in [0.1, 0.15) is 11.6 Å². The number of nitro groups is 2. The maximum absolute atomic E-state index is 11.4. The van der Waals surface area contributed by atoms with E-state index in [4.69, 9.17) is 9.97 Å². The number of aromatic nitrogens is 4. The zero-order chi connectivity index (χ0) is 31.6. The summed E-state index contributed by atoms with van der Waals surface area (Å²) in [6.45, 7) is 0. The molecule has 7 aromatic rings. The monoisotopic (exact) mass is 604 g/mol. The van der Waals surface area contributed by atoms with Crippen molar-refractivity contribution in [2.75, 3.05) is 0 Å². The molecule has 7 rings (SSSR count). The minimum Gasteiger partial charge on any atom is -0.337 e. The van der Waals surface area contributed by atoms with E-state index in [0.29, 0.717) is 34.2 Å². The van der Waals surface area contributed by atoms with Gasteiger partial charge in [0.2, 0.25) is 0 Å². The van der Waals surface area contributed by atoms with Crippen LogP contribution in [0.2, 0.25) is 0 Å². The van der Waals surface area contributed by atoms with Crippen LogP contribution in [0, 0.1) is 20.2 Å². The van der Waals surface area contributed by atoms with Crippen LogP contribution >= 0.6 is 0 Å². The Morgan fingerprint density at radius 1 is 0.435 bits per heavy atom. The van der Waals surface area contributed by atoms with Crippen molar-refractivity contribution in [2.24, 2.45) is 0 Å². The fourth-order valence-corrected chi connectivity index (χ4v) is 5.38. The van der Waals surface area contributed by atoms with Crippen molar-refractivity contribution in [1.82, 2.24) is 19.9 Å². The van der Waals surface area contributed by atoms with Crippen molar-refractivity contribution >= 4 is 11.4 Å². The lowest BCUT2D eigenvalue weighted by atomic mass is 10.0. The first-order chi connectivity index (χ1) is 22.4. The summed E-state index contributed by atoms with van der Waals surface area (Å²) in [4.78, 5) is 38.6. The van der Waals surface area contributed by atoms with E-state index in [-0.39, 0.29) is 11.4 Å². The van der Waals surface area contributed by atoms with Crippen LogP contribution in [0.1, 0.15) is 0 Å². The van der Waals surface area contributed by atoms with E-state index >= 15 is 0 Å². The summed E-state index contributed by atoms with van der Waals surface area (Å²) in [6.07, 6.45) is 0. The highest BCUT2D eigenvalue weighted by Crippen LogP contribution is 2.37. The summed E-state index contributed by atoms with van der Waals surface area (Å²) in [7, 11) is 0. The van der Waals surface area contributed by atoms with E-state index < -0.39 is 9.85 Å².